The molecule has 1 atom stereocenters. The zero-order chi connectivity index (χ0) is 14.1. The van der Waals surface area contributed by atoms with Gasteiger partial charge in [0.25, 0.3) is 0 Å². The molecule has 104 valence electrons. The van der Waals surface area contributed by atoms with Crippen molar-refractivity contribution in [3.8, 4) is 6.07 Å². The quantitative estimate of drug-likeness (QED) is 0.858. The minimum atomic E-state index is 0.130. The third-order valence-electron chi connectivity index (χ3n) is 3.66. The van der Waals surface area contributed by atoms with Crippen LogP contribution < -0.4 is 0 Å². The average Bonchev–Trinajstić information content (AvgIpc) is 2.75. The Kier molecular flexibility index (Phi) is 3.57. The monoisotopic (exact) mass is 288 g/mol. The van der Waals surface area contributed by atoms with E-state index in [0.29, 0.717) is 16.9 Å². The Morgan fingerprint density at radius 1 is 1.55 bits per heavy atom. The van der Waals surface area contributed by atoms with Gasteiger partial charge < -0.3 is 19.2 Å². The Balaban J connectivity index is 1.98. The highest BCUT2D eigenvalue weighted by molar-refractivity contribution is 7.71. The minimum Gasteiger partial charge on any atom is -0.374 e. The zero-order valence-corrected chi connectivity index (χ0v) is 12.1. The number of likely N-dealkylation sites (N-methyl/N-ethyl adjacent to an activating group) is 1. The highest BCUT2D eigenvalue weighted by Crippen LogP contribution is 2.19. The minimum absolute atomic E-state index is 0.130. The third-order valence-corrected chi connectivity index (χ3v) is 3.98. The van der Waals surface area contributed by atoms with Gasteiger partial charge in [0.05, 0.1) is 35.9 Å². The van der Waals surface area contributed by atoms with E-state index in [0.717, 1.165) is 30.7 Å². The molecule has 5 nitrogen and oxygen atoms in total. The number of ether oxygens (including phenoxy) is 1. The molecule has 1 N–H and O–H groups in total. The predicted molar refractivity (Wildman–Crippen MR) is 79.1 cm³/mol. The largest absolute Gasteiger partial charge is 0.374 e. The molecule has 1 unspecified atom stereocenters. The van der Waals surface area contributed by atoms with Crippen LogP contribution in [0.15, 0.2) is 18.2 Å². The van der Waals surface area contributed by atoms with E-state index in [4.69, 9.17) is 22.2 Å². The van der Waals surface area contributed by atoms with Crippen LogP contribution in [0.25, 0.3) is 11.0 Å². The smallest absolute Gasteiger partial charge is 0.178 e. The molecule has 3 rings (SSSR count). The number of imidazole rings is 1. The van der Waals surface area contributed by atoms with Gasteiger partial charge in [-0.2, -0.15) is 5.26 Å². The topological polar surface area (TPSA) is 57.0 Å². The highest BCUT2D eigenvalue weighted by Gasteiger charge is 2.19. The second-order valence-corrected chi connectivity index (χ2v) is 5.49. The van der Waals surface area contributed by atoms with Gasteiger partial charge >= 0.3 is 0 Å². The SMILES string of the molecule is CN1CCOC(Cn2c(=S)[nH]c3c(C#N)cccc32)C1. The lowest BCUT2D eigenvalue weighted by Crippen LogP contribution is -2.41. The van der Waals surface area contributed by atoms with Crippen molar-refractivity contribution in [3.05, 3.63) is 28.5 Å². The number of fused-ring (bicyclic) bond motifs is 1. The molecule has 2 heterocycles. The van der Waals surface area contributed by atoms with Crippen LogP contribution in [-0.4, -0.2) is 47.3 Å². The van der Waals surface area contributed by atoms with Crippen molar-refractivity contribution in [1.29, 1.82) is 5.26 Å². The molecule has 0 spiro atoms. The van der Waals surface area contributed by atoms with Gasteiger partial charge in [0.1, 0.15) is 6.07 Å². The maximum absolute atomic E-state index is 9.15. The van der Waals surface area contributed by atoms with Crippen LogP contribution in [0.3, 0.4) is 0 Å². The molecule has 1 aliphatic rings. The fourth-order valence-electron chi connectivity index (χ4n) is 2.64. The van der Waals surface area contributed by atoms with Crippen LogP contribution in [-0.2, 0) is 11.3 Å². The van der Waals surface area contributed by atoms with Crippen molar-refractivity contribution in [2.75, 3.05) is 26.7 Å². The van der Waals surface area contributed by atoms with Crippen LogP contribution in [0.2, 0.25) is 0 Å². The second-order valence-electron chi connectivity index (χ2n) is 5.11. The van der Waals surface area contributed by atoms with E-state index in [1.54, 1.807) is 6.07 Å². The summed E-state index contributed by atoms with van der Waals surface area (Å²) in [6, 6.07) is 7.85. The van der Waals surface area contributed by atoms with Crippen molar-refractivity contribution in [2.45, 2.75) is 12.6 Å². The summed E-state index contributed by atoms with van der Waals surface area (Å²) in [5.74, 6) is 0. The maximum atomic E-state index is 9.15. The number of nitrogens with one attached hydrogen (secondary N) is 1. The van der Waals surface area contributed by atoms with Crippen molar-refractivity contribution in [1.82, 2.24) is 14.5 Å². The van der Waals surface area contributed by atoms with Gasteiger partial charge in [-0.25, -0.2) is 0 Å². The predicted octanol–water partition coefficient (Wildman–Crippen LogP) is 1.90. The maximum Gasteiger partial charge on any atom is 0.178 e. The number of hydrogen-bond acceptors (Lipinski definition) is 4. The molecule has 2 aromatic rings. The molecule has 0 aliphatic carbocycles. The molecular formula is C14H16N4OS. The van der Waals surface area contributed by atoms with E-state index in [-0.39, 0.29) is 6.10 Å². The van der Waals surface area contributed by atoms with Crippen molar-refractivity contribution >= 4 is 23.3 Å². The molecule has 20 heavy (non-hydrogen) atoms. The van der Waals surface area contributed by atoms with E-state index in [1.807, 2.05) is 16.7 Å². The van der Waals surface area contributed by atoms with Crippen LogP contribution in [0, 0.1) is 16.1 Å². The lowest BCUT2D eigenvalue weighted by molar-refractivity contribution is -0.0271. The molecule has 0 amide bonds. The number of hydrogen-bond donors (Lipinski definition) is 1. The standard InChI is InChI=1S/C14H16N4OS/c1-17-5-6-19-11(8-17)9-18-12-4-2-3-10(7-15)13(12)16-14(18)20/h2-4,11H,5-6,8-9H2,1H3,(H,16,20). The summed E-state index contributed by atoms with van der Waals surface area (Å²) >= 11 is 5.39. The van der Waals surface area contributed by atoms with Gasteiger partial charge in [-0.15, -0.1) is 0 Å². The zero-order valence-electron chi connectivity index (χ0n) is 11.3. The number of benzene rings is 1. The Morgan fingerprint density at radius 3 is 3.15 bits per heavy atom. The molecular weight excluding hydrogens is 272 g/mol. The van der Waals surface area contributed by atoms with Gasteiger partial charge in [-0.05, 0) is 31.4 Å². The first-order valence-corrected chi connectivity index (χ1v) is 7.01. The molecule has 1 fully saturated rings. The number of para-hydroxylation sites is 1. The summed E-state index contributed by atoms with van der Waals surface area (Å²) < 4.78 is 8.46. The fraction of sp³-hybridized carbons (Fsp3) is 0.429. The van der Waals surface area contributed by atoms with Gasteiger partial charge in [0, 0.05) is 13.1 Å². The van der Waals surface area contributed by atoms with E-state index in [1.165, 1.54) is 0 Å². The van der Waals surface area contributed by atoms with E-state index < -0.39 is 0 Å². The first-order valence-electron chi connectivity index (χ1n) is 6.61. The number of H-pyrrole nitrogens is 1. The van der Waals surface area contributed by atoms with Gasteiger partial charge in [0.2, 0.25) is 0 Å². The normalized spacial score (nSPS) is 20.1. The average molecular weight is 288 g/mol. The molecule has 6 heteroatoms. The molecule has 0 radical (unpaired) electrons. The summed E-state index contributed by atoms with van der Waals surface area (Å²) in [6.07, 6.45) is 0.130. The van der Waals surface area contributed by atoms with Crippen molar-refractivity contribution in [3.63, 3.8) is 0 Å². The summed E-state index contributed by atoms with van der Waals surface area (Å²) in [7, 11) is 2.10. The number of morpholine rings is 1. The van der Waals surface area contributed by atoms with Crippen LogP contribution >= 0.6 is 12.2 Å². The summed E-state index contributed by atoms with van der Waals surface area (Å²) in [5.41, 5.74) is 2.39. The van der Waals surface area contributed by atoms with E-state index in [9.17, 15) is 0 Å². The highest BCUT2D eigenvalue weighted by atomic mass is 32.1. The van der Waals surface area contributed by atoms with Crippen LogP contribution in [0.4, 0.5) is 0 Å². The summed E-state index contributed by atoms with van der Waals surface area (Å²) in [4.78, 5) is 5.39. The fourth-order valence-corrected chi connectivity index (χ4v) is 2.91. The van der Waals surface area contributed by atoms with Crippen molar-refractivity contribution in [2.24, 2.45) is 0 Å². The molecule has 0 saturated carbocycles. The lowest BCUT2D eigenvalue weighted by atomic mass is 10.2. The molecule has 1 aliphatic heterocycles. The number of nitrogens with zero attached hydrogens (tertiary/aromatic N) is 3. The number of nitriles is 1. The summed E-state index contributed by atoms with van der Waals surface area (Å²) in [6.45, 7) is 3.32. The van der Waals surface area contributed by atoms with Crippen molar-refractivity contribution < 1.29 is 4.74 Å². The Labute approximate surface area is 122 Å². The van der Waals surface area contributed by atoms with Crippen LogP contribution in [0.1, 0.15) is 5.56 Å². The molecule has 0 bridgehead atoms. The molecule has 1 aromatic heterocycles. The first-order chi connectivity index (χ1) is 9.69. The summed E-state index contributed by atoms with van der Waals surface area (Å²) in [5, 5.41) is 9.15. The van der Waals surface area contributed by atoms with Gasteiger partial charge in [-0.1, -0.05) is 6.07 Å². The van der Waals surface area contributed by atoms with Crippen LogP contribution in [0.5, 0.6) is 0 Å². The molecule has 1 saturated heterocycles. The van der Waals surface area contributed by atoms with Gasteiger partial charge in [-0.3, -0.25) is 0 Å². The van der Waals surface area contributed by atoms with E-state index >= 15 is 0 Å². The third kappa shape index (κ3) is 2.36. The van der Waals surface area contributed by atoms with E-state index in [2.05, 4.69) is 23.0 Å². The van der Waals surface area contributed by atoms with Gasteiger partial charge in [0.15, 0.2) is 4.77 Å². The Morgan fingerprint density at radius 2 is 2.40 bits per heavy atom. The first kappa shape index (κ1) is 13.3. The Hall–Kier alpha value is -1.68. The number of aromatic nitrogens is 2. The lowest BCUT2D eigenvalue weighted by Gasteiger charge is -2.30. The number of rotatable bonds is 2. The molecule has 1 aromatic carbocycles. The number of aromatic amines is 1. The second kappa shape index (κ2) is 5.37. The Bertz CT molecular complexity index is 727.